The second kappa shape index (κ2) is 7.50. The van der Waals surface area contributed by atoms with Gasteiger partial charge in [-0.3, -0.25) is 9.59 Å². The van der Waals surface area contributed by atoms with E-state index in [1.165, 1.54) is 0 Å². The minimum absolute atomic E-state index is 0.0958. The van der Waals surface area contributed by atoms with Gasteiger partial charge in [0.2, 0.25) is 5.91 Å². The first-order valence-electron chi connectivity index (χ1n) is 7.87. The first-order valence-corrected chi connectivity index (χ1v) is 8.75. The van der Waals surface area contributed by atoms with Crippen molar-refractivity contribution in [1.82, 2.24) is 15.2 Å². The number of amides is 2. The molecule has 0 bridgehead atoms. The first kappa shape index (κ1) is 17.2. The lowest BCUT2D eigenvalue weighted by molar-refractivity contribution is -0.120. The third-order valence-electron chi connectivity index (χ3n) is 3.98. The summed E-state index contributed by atoms with van der Waals surface area (Å²) in [6.45, 7) is -0.0439. The van der Waals surface area contributed by atoms with Gasteiger partial charge >= 0.3 is 0 Å². The minimum atomic E-state index is -0.777. The van der Waals surface area contributed by atoms with E-state index in [0.717, 1.165) is 15.8 Å². The Morgan fingerprint density at radius 2 is 1.96 bits per heavy atom. The number of benzene rings is 1. The number of thiophene rings is 1. The number of rotatable bonds is 6. The van der Waals surface area contributed by atoms with Crippen molar-refractivity contribution in [2.75, 3.05) is 13.1 Å². The van der Waals surface area contributed by atoms with E-state index in [1.54, 1.807) is 28.0 Å². The van der Waals surface area contributed by atoms with Crippen molar-refractivity contribution < 1.29 is 14.7 Å². The molecule has 3 aromatic rings. The van der Waals surface area contributed by atoms with E-state index in [4.69, 9.17) is 0 Å². The number of carbonyl (C=O) groups excluding carboxylic acids is 2. The van der Waals surface area contributed by atoms with Crippen LogP contribution in [-0.2, 0) is 11.8 Å². The van der Waals surface area contributed by atoms with Crippen molar-refractivity contribution in [3.8, 4) is 0 Å². The SMILES string of the molecule is Cn1c(C(=O)NCC(=O)NCC(O)c2ccccc2)cc2sccc21. The Balaban J connectivity index is 1.49. The molecule has 7 heteroatoms. The van der Waals surface area contributed by atoms with Gasteiger partial charge in [-0.05, 0) is 23.1 Å². The van der Waals surface area contributed by atoms with Crippen LogP contribution in [-0.4, -0.2) is 34.6 Å². The minimum Gasteiger partial charge on any atom is -0.387 e. The zero-order chi connectivity index (χ0) is 17.8. The van der Waals surface area contributed by atoms with Gasteiger partial charge in [0.05, 0.1) is 22.9 Å². The summed E-state index contributed by atoms with van der Waals surface area (Å²) in [5.41, 5.74) is 2.24. The smallest absolute Gasteiger partial charge is 0.268 e. The summed E-state index contributed by atoms with van der Waals surface area (Å²) >= 11 is 1.57. The molecule has 1 unspecified atom stereocenters. The summed E-state index contributed by atoms with van der Waals surface area (Å²) in [5.74, 6) is -0.649. The van der Waals surface area contributed by atoms with Crippen molar-refractivity contribution in [3.05, 3.63) is 59.1 Å². The molecule has 0 spiro atoms. The Morgan fingerprint density at radius 1 is 1.20 bits per heavy atom. The molecule has 0 fully saturated rings. The van der Waals surface area contributed by atoms with Gasteiger partial charge in [-0.2, -0.15) is 0 Å². The lowest BCUT2D eigenvalue weighted by atomic mass is 10.1. The Labute approximate surface area is 149 Å². The molecule has 0 saturated carbocycles. The molecule has 130 valence electrons. The number of hydrogen-bond acceptors (Lipinski definition) is 4. The van der Waals surface area contributed by atoms with Crippen LogP contribution in [0.5, 0.6) is 0 Å². The van der Waals surface area contributed by atoms with Gasteiger partial charge in [-0.25, -0.2) is 0 Å². The molecule has 0 saturated heterocycles. The van der Waals surface area contributed by atoms with Crippen LogP contribution < -0.4 is 10.6 Å². The summed E-state index contributed by atoms with van der Waals surface area (Å²) in [4.78, 5) is 24.1. The van der Waals surface area contributed by atoms with Crippen LogP contribution in [0.2, 0.25) is 0 Å². The molecule has 3 N–H and O–H groups in total. The van der Waals surface area contributed by atoms with Crippen LogP contribution in [0, 0.1) is 0 Å². The van der Waals surface area contributed by atoms with Crippen LogP contribution in [0.15, 0.2) is 47.8 Å². The average molecular weight is 357 g/mol. The van der Waals surface area contributed by atoms with Crippen LogP contribution in [0.1, 0.15) is 22.2 Å². The monoisotopic (exact) mass is 357 g/mol. The van der Waals surface area contributed by atoms with E-state index >= 15 is 0 Å². The zero-order valence-electron chi connectivity index (χ0n) is 13.7. The number of aryl methyl sites for hydroxylation is 1. The Bertz CT molecular complexity index is 886. The van der Waals surface area contributed by atoms with Gasteiger partial charge in [-0.15, -0.1) is 11.3 Å². The highest BCUT2D eigenvalue weighted by Crippen LogP contribution is 2.23. The van der Waals surface area contributed by atoms with Gasteiger partial charge in [0.25, 0.3) is 5.91 Å². The van der Waals surface area contributed by atoms with Crippen molar-refractivity contribution in [2.45, 2.75) is 6.10 Å². The number of fused-ring (bicyclic) bond motifs is 1. The number of aromatic nitrogens is 1. The van der Waals surface area contributed by atoms with Crippen molar-refractivity contribution in [2.24, 2.45) is 7.05 Å². The number of nitrogens with zero attached hydrogens (tertiary/aromatic N) is 1. The van der Waals surface area contributed by atoms with E-state index in [9.17, 15) is 14.7 Å². The summed E-state index contributed by atoms with van der Waals surface area (Å²) in [6, 6.07) is 12.9. The van der Waals surface area contributed by atoms with E-state index < -0.39 is 6.10 Å². The molecule has 0 aliphatic carbocycles. The normalized spacial score (nSPS) is 12.1. The molecular weight excluding hydrogens is 338 g/mol. The predicted molar refractivity (Wildman–Crippen MR) is 97.5 cm³/mol. The van der Waals surface area contributed by atoms with Crippen molar-refractivity contribution in [3.63, 3.8) is 0 Å². The fourth-order valence-electron chi connectivity index (χ4n) is 2.59. The Morgan fingerprint density at radius 3 is 2.68 bits per heavy atom. The summed E-state index contributed by atoms with van der Waals surface area (Å²) < 4.78 is 2.83. The molecule has 1 aromatic carbocycles. The fraction of sp³-hybridized carbons (Fsp3) is 0.222. The maximum atomic E-state index is 12.2. The van der Waals surface area contributed by atoms with E-state index in [-0.39, 0.29) is 24.9 Å². The third-order valence-corrected chi connectivity index (χ3v) is 4.84. The number of nitrogens with one attached hydrogen (secondary N) is 2. The highest BCUT2D eigenvalue weighted by molar-refractivity contribution is 7.17. The van der Waals surface area contributed by atoms with Gasteiger partial charge in [0, 0.05) is 13.6 Å². The maximum Gasteiger partial charge on any atom is 0.268 e. The second-order valence-electron chi connectivity index (χ2n) is 5.67. The highest BCUT2D eigenvalue weighted by atomic mass is 32.1. The second-order valence-corrected chi connectivity index (χ2v) is 6.62. The van der Waals surface area contributed by atoms with Crippen LogP contribution in [0.4, 0.5) is 0 Å². The quantitative estimate of drug-likeness (QED) is 0.629. The summed E-state index contributed by atoms with van der Waals surface area (Å²) in [7, 11) is 1.82. The van der Waals surface area contributed by atoms with Crippen LogP contribution >= 0.6 is 11.3 Å². The molecular formula is C18H19N3O3S. The molecule has 0 aliphatic rings. The van der Waals surface area contributed by atoms with Crippen molar-refractivity contribution in [1.29, 1.82) is 0 Å². The Hall–Kier alpha value is -2.64. The zero-order valence-corrected chi connectivity index (χ0v) is 14.5. The summed E-state index contributed by atoms with van der Waals surface area (Å²) in [5, 5.41) is 17.2. The lowest BCUT2D eigenvalue weighted by Gasteiger charge is -2.12. The number of aliphatic hydroxyl groups is 1. The van der Waals surface area contributed by atoms with Gasteiger partial charge in [-0.1, -0.05) is 30.3 Å². The maximum absolute atomic E-state index is 12.2. The molecule has 1 atom stereocenters. The topological polar surface area (TPSA) is 83.4 Å². The largest absolute Gasteiger partial charge is 0.387 e. The van der Waals surface area contributed by atoms with E-state index in [2.05, 4.69) is 10.6 Å². The molecule has 3 rings (SSSR count). The van der Waals surface area contributed by atoms with E-state index in [1.807, 2.05) is 42.8 Å². The third kappa shape index (κ3) is 3.89. The average Bonchev–Trinajstić information content (AvgIpc) is 3.21. The van der Waals surface area contributed by atoms with Crippen molar-refractivity contribution >= 4 is 33.4 Å². The van der Waals surface area contributed by atoms with Gasteiger partial charge in [0.1, 0.15) is 5.69 Å². The molecule has 6 nitrogen and oxygen atoms in total. The fourth-order valence-corrected chi connectivity index (χ4v) is 3.43. The molecule has 0 radical (unpaired) electrons. The Kier molecular flexibility index (Phi) is 5.16. The van der Waals surface area contributed by atoms with Crippen LogP contribution in [0.25, 0.3) is 10.2 Å². The highest BCUT2D eigenvalue weighted by Gasteiger charge is 2.15. The van der Waals surface area contributed by atoms with Gasteiger partial charge < -0.3 is 20.3 Å². The molecule has 25 heavy (non-hydrogen) atoms. The molecule has 2 heterocycles. The molecule has 2 amide bonds. The first-order chi connectivity index (χ1) is 12.1. The standard InChI is InChI=1S/C18H19N3O3S/c1-21-13-7-8-25-16(13)9-14(21)18(24)20-11-17(23)19-10-15(22)12-5-3-2-4-6-12/h2-9,15,22H,10-11H2,1H3,(H,19,23)(H,20,24). The number of aliphatic hydroxyl groups excluding tert-OH is 1. The van der Waals surface area contributed by atoms with Crippen LogP contribution in [0.3, 0.4) is 0 Å². The predicted octanol–water partition coefficient (Wildman–Crippen LogP) is 1.82. The lowest BCUT2D eigenvalue weighted by Crippen LogP contribution is -2.39. The molecule has 0 aliphatic heterocycles. The summed E-state index contributed by atoms with van der Waals surface area (Å²) in [6.07, 6.45) is -0.777. The number of carbonyl (C=O) groups is 2. The van der Waals surface area contributed by atoms with Gasteiger partial charge in [0.15, 0.2) is 0 Å². The molecule has 2 aromatic heterocycles. The number of hydrogen-bond donors (Lipinski definition) is 3. The van der Waals surface area contributed by atoms with E-state index in [0.29, 0.717) is 5.69 Å².